The second kappa shape index (κ2) is 9.69. The lowest BCUT2D eigenvalue weighted by Crippen LogP contribution is -2.23. The van der Waals surface area contributed by atoms with Crippen LogP contribution in [0.2, 0.25) is 0 Å². The summed E-state index contributed by atoms with van der Waals surface area (Å²) in [7, 11) is 3.26. The van der Waals surface area contributed by atoms with E-state index in [1.54, 1.807) is 14.2 Å². The van der Waals surface area contributed by atoms with Crippen molar-refractivity contribution >= 4 is 11.6 Å². The number of hydrogen-bond acceptors (Lipinski definition) is 4. The van der Waals surface area contributed by atoms with Gasteiger partial charge in [0, 0.05) is 13.0 Å². The molecule has 2 aromatic rings. The Kier molecular flexibility index (Phi) is 7.29. The Balaban J connectivity index is 1.69. The van der Waals surface area contributed by atoms with Crippen LogP contribution in [0.1, 0.15) is 17.5 Å². The van der Waals surface area contributed by atoms with Crippen LogP contribution in [-0.2, 0) is 11.2 Å². The highest BCUT2D eigenvalue weighted by molar-refractivity contribution is 5.92. The van der Waals surface area contributed by atoms with Gasteiger partial charge >= 0.3 is 0 Å². The molecule has 1 amide bonds. The van der Waals surface area contributed by atoms with Crippen LogP contribution in [0.3, 0.4) is 0 Å². The molecule has 5 heteroatoms. The molecule has 0 aliphatic carbocycles. The van der Waals surface area contributed by atoms with Crippen molar-refractivity contribution in [2.45, 2.75) is 19.8 Å². The van der Waals surface area contributed by atoms with Gasteiger partial charge in [0.2, 0.25) is 5.91 Å². The summed E-state index contributed by atoms with van der Waals surface area (Å²) in [6.45, 7) is 3.44. The highest BCUT2D eigenvalue weighted by Gasteiger charge is 2.07. The van der Waals surface area contributed by atoms with Crippen LogP contribution in [0, 0.1) is 6.92 Å². The topological polar surface area (TPSA) is 59.6 Å². The molecule has 0 saturated heterocycles. The zero-order valence-electron chi connectivity index (χ0n) is 15.1. The average molecular weight is 342 g/mol. The Morgan fingerprint density at radius 1 is 1.00 bits per heavy atom. The first-order valence-corrected chi connectivity index (χ1v) is 8.40. The molecule has 0 aliphatic heterocycles. The smallest absolute Gasteiger partial charge is 0.225 e. The highest BCUT2D eigenvalue weighted by atomic mass is 16.5. The van der Waals surface area contributed by atoms with Crippen LogP contribution in [0.15, 0.2) is 42.5 Å². The van der Waals surface area contributed by atoms with Crippen LogP contribution in [0.5, 0.6) is 11.5 Å². The Hall–Kier alpha value is -2.53. The SMILES string of the molecule is COc1ccc(CCNCCC(=O)Nc2cc(C)ccc2OC)cc1. The zero-order chi connectivity index (χ0) is 18.1. The fourth-order valence-corrected chi connectivity index (χ4v) is 2.48. The van der Waals surface area contributed by atoms with E-state index in [-0.39, 0.29) is 5.91 Å². The van der Waals surface area contributed by atoms with Gasteiger partial charge in [-0.1, -0.05) is 18.2 Å². The first-order valence-electron chi connectivity index (χ1n) is 8.40. The summed E-state index contributed by atoms with van der Waals surface area (Å²) < 4.78 is 10.4. The van der Waals surface area contributed by atoms with Crippen LogP contribution in [-0.4, -0.2) is 33.2 Å². The number of aryl methyl sites for hydroxylation is 1. The van der Waals surface area contributed by atoms with E-state index in [0.717, 1.165) is 24.3 Å². The maximum Gasteiger partial charge on any atom is 0.225 e. The zero-order valence-corrected chi connectivity index (χ0v) is 15.1. The highest BCUT2D eigenvalue weighted by Crippen LogP contribution is 2.25. The molecule has 2 aromatic carbocycles. The maximum absolute atomic E-state index is 12.1. The summed E-state index contributed by atoms with van der Waals surface area (Å²) in [6.07, 6.45) is 1.33. The number of benzene rings is 2. The molecule has 5 nitrogen and oxygen atoms in total. The Labute approximate surface area is 149 Å². The number of hydrogen-bond donors (Lipinski definition) is 2. The van der Waals surface area contributed by atoms with Gasteiger partial charge in [-0.25, -0.2) is 0 Å². The summed E-state index contributed by atoms with van der Waals surface area (Å²) in [6, 6.07) is 13.7. The number of carbonyl (C=O) groups is 1. The summed E-state index contributed by atoms with van der Waals surface area (Å²) in [5, 5.41) is 6.20. The van der Waals surface area contributed by atoms with Gasteiger partial charge in [0.05, 0.1) is 19.9 Å². The van der Waals surface area contributed by atoms with E-state index in [4.69, 9.17) is 9.47 Å². The van der Waals surface area contributed by atoms with Crippen LogP contribution in [0.25, 0.3) is 0 Å². The summed E-state index contributed by atoms with van der Waals surface area (Å²) >= 11 is 0. The molecule has 25 heavy (non-hydrogen) atoms. The van der Waals surface area contributed by atoms with Crippen molar-refractivity contribution in [1.29, 1.82) is 0 Å². The summed E-state index contributed by atoms with van der Waals surface area (Å²) in [5.41, 5.74) is 3.03. The van der Waals surface area contributed by atoms with Gasteiger partial charge in [0.25, 0.3) is 0 Å². The molecule has 0 radical (unpaired) electrons. The van der Waals surface area contributed by atoms with Crippen molar-refractivity contribution in [3.05, 3.63) is 53.6 Å². The number of amides is 1. The third-order valence-corrected chi connectivity index (χ3v) is 3.91. The lowest BCUT2D eigenvalue weighted by molar-refractivity contribution is -0.116. The van der Waals surface area contributed by atoms with Gasteiger partial charge < -0.3 is 20.1 Å². The van der Waals surface area contributed by atoms with Gasteiger partial charge in [-0.05, 0) is 55.3 Å². The molecule has 0 atom stereocenters. The lowest BCUT2D eigenvalue weighted by Gasteiger charge is -2.11. The summed E-state index contributed by atoms with van der Waals surface area (Å²) in [5.74, 6) is 1.51. The number of nitrogens with one attached hydrogen (secondary N) is 2. The Morgan fingerprint density at radius 2 is 1.76 bits per heavy atom. The third kappa shape index (κ3) is 6.12. The molecule has 0 bridgehead atoms. The number of rotatable bonds is 9. The van der Waals surface area contributed by atoms with Crippen LogP contribution >= 0.6 is 0 Å². The quantitative estimate of drug-likeness (QED) is 0.687. The van der Waals surface area contributed by atoms with E-state index in [9.17, 15) is 4.79 Å². The predicted molar refractivity (Wildman–Crippen MR) is 101 cm³/mol. The molecular weight excluding hydrogens is 316 g/mol. The van der Waals surface area contributed by atoms with Crippen molar-refractivity contribution in [1.82, 2.24) is 5.32 Å². The fraction of sp³-hybridized carbons (Fsp3) is 0.350. The molecular formula is C20H26N2O3. The van der Waals surface area contributed by atoms with E-state index in [1.807, 2.05) is 37.3 Å². The number of methoxy groups -OCH3 is 2. The second-order valence-corrected chi connectivity index (χ2v) is 5.85. The largest absolute Gasteiger partial charge is 0.497 e. The normalized spacial score (nSPS) is 10.4. The molecule has 2 rings (SSSR count). The van der Waals surface area contributed by atoms with E-state index in [0.29, 0.717) is 24.4 Å². The minimum Gasteiger partial charge on any atom is -0.497 e. The number of ether oxygens (including phenoxy) is 2. The fourth-order valence-electron chi connectivity index (χ4n) is 2.48. The average Bonchev–Trinajstić information content (AvgIpc) is 2.62. The monoisotopic (exact) mass is 342 g/mol. The second-order valence-electron chi connectivity index (χ2n) is 5.85. The van der Waals surface area contributed by atoms with Crippen LogP contribution < -0.4 is 20.1 Å². The minimum absolute atomic E-state index is 0.0270. The summed E-state index contributed by atoms with van der Waals surface area (Å²) in [4.78, 5) is 12.1. The molecule has 0 aromatic heterocycles. The molecule has 0 aliphatic rings. The number of carbonyl (C=O) groups excluding carboxylic acids is 1. The molecule has 2 N–H and O–H groups in total. The maximum atomic E-state index is 12.1. The standard InChI is InChI=1S/C20H26N2O3/c1-15-4-9-19(25-3)18(14-15)22-20(23)11-13-21-12-10-16-5-7-17(24-2)8-6-16/h4-9,14,21H,10-13H2,1-3H3,(H,22,23). The van der Waals surface area contributed by atoms with Crippen molar-refractivity contribution in [2.75, 3.05) is 32.6 Å². The third-order valence-electron chi connectivity index (χ3n) is 3.91. The molecule has 0 fully saturated rings. The molecule has 0 unspecified atom stereocenters. The van der Waals surface area contributed by atoms with Gasteiger partial charge in [-0.3, -0.25) is 4.79 Å². The first-order chi connectivity index (χ1) is 12.1. The molecule has 0 saturated carbocycles. The van der Waals surface area contributed by atoms with Crippen LogP contribution in [0.4, 0.5) is 5.69 Å². The minimum atomic E-state index is -0.0270. The van der Waals surface area contributed by atoms with Crippen molar-refractivity contribution < 1.29 is 14.3 Å². The Morgan fingerprint density at radius 3 is 2.44 bits per heavy atom. The van der Waals surface area contributed by atoms with E-state index in [2.05, 4.69) is 22.8 Å². The first kappa shape index (κ1) is 18.8. The van der Waals surface area contributed by atoms with Crippen molar-refractivity contribution in [3.8, 4) is 11.5 Å². The predicted octanol–water partition coefficient (Wildman–Crippen LogP) is 3.17. The van der Waals surface area contributed by atoms with Crippen molar-refractivity contribution in [3.63, 3.8) is 0 Å². The Bertz CT molecular complexity index is 684. The van der Waals surface area contributed by atoms with E-state index < -0.39 is 0 Å². The molecule has 134 valence electrons. The molecule has 0 heterocycles. The lowest BCUT2D eigenvalue weighted by atomic mass is 10.1. The van der Waals surface area contributed by atoms with E-state index in [1.165, 1.54) is 5.56 Å². The number of anilines is 1. The van der Waals surface area contributed by atoms with Gasteiger partial charge in [0.15, 0.2) is 0 Å². The van der Waals surface area contributed by atoms with Gasteiger partial charge in [-0.15, -0.1) is 0 Å². The van der Waals surface area contributed by atoms with Gasteiger partial charge in [0.1, 0.15) is 11.5 Å². The van der Waals surface area contributed by atoms with E-state index >= 15 is 0 Å². The van der Waals surface area contributed by atoms with Crippen molar-refractivity contribution in [2.24, 2.45) is 0 Å². The van der Waals surface area contributed by atoms with Gasteiger partial charge in [-0.2, -0.15) is 0 Å². The molecule has 0 spiro atoms.